The molecule has 4 N–H and O–H groups in total. The minimum atomic E-state index is -0.343. The third-order valence-corrected chi connectivity index (χ3v) is 2.80. The second kappa shape index (κ2) is 5.82. The lowest BCUT2D eigenvalue weighted by Crippen LogP contribution is -2.18. The summed E-state index contributed by atoms with van der Waals surface area (Å²) in [4.78, 5) is 16.2. The van der Waals surface area contributed by atoms with Crippen molar-refractivity contribution < 1.29 is 4.79 Å². The normalized spacial score (nSPS) is 9.65. The summed E-state index contributed by atoms with van der Waals surface area (Å²) < 4.78 is 0. The van der Waals surface area contributed by atoms with Crippen molar-refractivity contribution in [2.24, 2.45) is 5.84 Å². The van der Waals surface area contributed by atoms with Crippen LogP contribution in [0.4, 0.5) is 11.5 Å². The zero-order valence-corrected chi connectivity index (χ0v) is 10.8. The van der Waals surface area contributed by atoms with Crippen LogP contribution in [0.25, 0.3) is 0 Å². The quantitative estimate of drug-likeness (QED) is 0.581. The molecule has 2 rings (SSSR count). The molecule has 0 unspecified atom stereocenters. The van der Waals surface area contributed by atoms with Crippen LogP contribution in [-0.2, 0) is 0 Å². The van der Waals surface area contributed by atoms with Gasteiger partial charge in [0, 0.05) is 11.9 Å². The van der Waals surface area contributed by atoms with Gasteiger partial charge in [-0.15, -0.1) is 0 Å². The molecule has 0 atom stereocenters. The van der Waals surface area contributed by atoms with Crippen molar-refractivity contribution in [1.29, 1.82) is 5.26 Å². The molecule has 0 radical (unpaired) electrons. The number of anilines is 2. The molecule has 0 aliphatic carbocycles. The van der Waals surface area contributed by atoms with E-state index < -0.39 is 0 Å². The Bertz CT molecular complexity index is 690. The first-order chi connectivity index (χ1) is 9.65. The van der Waals surface area contributed by atoms with E-state index >= 15 is 0 Å². The zero-order chi connectivity index (χ0) is 14.5. The maximum atomic E-state index is 12.2. The third-order valence-electron chi connectivity index (χ3n) is 2.80. The van der Waals surface area contributed by atoms with Gasteiger partial charge < -0.3 is 10.7 Å². The van der Waals surface area contributed by atoms with E-state index in [1.165, 1.54) is 6.20 Å². The van der Waals surface area contributed by atoms with Crippen LogP contribution < -0.4 is 16.6 Å². The van der Waals surface area contributed by atoms with Crippen LogP contribution >= 0.6 is 0 Å². The van der Waals surface area contributed by atoms with E-state index in [-0.39, 0.29) is 5.91 Å². The number of rotatable bonds is 3. The number of hydrogen-bond donors (Lipinski definition) is 3. The van der Waals surface area contributed by atoms with Crippen LogP contribution in [-0.4, -0.2) is 10.9 Å². The predicted molar refractivity (Wildman–Crippen MR) is 75.9 cm³/mol. The number of nitrogens with one attached hydrogen (secondary N) is 2. The Morgan fingerprint density at radius 3 is 2.90 bits per heavy atom. The van der Waals surface area contributed by atoms with Crippen molar-refractivity contribution in [2.75, 3.05) is 10.7 Å². The van der Waals surface area contributed by atoms with Gasteiger partial charge in [0.25, 0.3) is 5.91 Å². The average Bonchev–Trinajstić information content (AvgIpc) is 2.49. The molecule has 1 amide bonds. The number of aryl methyl sites for hydroxylation is 1. The van der Waals surface area contributed by atoms with Gasteiger partial charge in [0.15, 0.2) is 5.82 Å². The van der Waals surface area contributed by atoms with Crippen molar-refractivity contribution in [3.05, 3.63) is 53.2 Å². The molecule has 6 nitrogen and oxygen atoms in total. The van der Waals surface area contributed by atoms with Crippen LogP contribution in [0.2, 0.25) is 0 Å². The number of carbonyl (C=O) groups is 1. The van der Waals surface area contributed by atoms with Crippen LogP contribution in [0.1, 0.15) is 21.5 Å². The van der Waals surface area contributed by atoms with E-state index in [0.29, 0.717) is 22.6 Å². The number of nitriles is 1. The number of nitrogens with two attached hydrogens (primary N) is 1. The van der Waals surface area contributed by atoms with Crippen molar-refractivity contribution in [1.82, 2.24) is 4.98 Å². The number of hydrogen-bond acceptors (Lipinski definition) is 5. The predicted octanol–water partition coefficient (Wildman–Crippen LogP) is 1.80. The minimum absolute atomic E-state index is 0.291. The number of nitrogens with zero attached hydrogens (tertiary/aromatic N) is 2. The van der Waals surface area contributed by atoms with E-state index in [4.69, 9.17) is 11.1 Å². The third kappa shape index (κ3) is 2.74. The molecular weight excluding hydrogens is 254 g/mol. The SMILES string of the molecule is Cc1ccc(C#N)cc1NC(=O)c1cccnc1NN. The number of aromatic nitrogens is 1. The number of amides is 1. The Kier molecular flexibility index (Phi) is 3.93. The fraction of sp³-hybridized carbons (Fsp3) is 0.0714. The Balaban J connectivity index is 2.30. The van der Waals surface area contributed by atoms with Gasteiger partial charge in [0.1, 0.15) is 0 Å². The molecule has 1 heterocycles. The first kappa shape index (κ1) is 13.5. The Morgan fingerprint density at radius 1 is 1.40 bits per heavy atom. The number of nitrogen functional groups attached to an aromatic ring is 1. The van der Waals surface area contributed by atoms with Gasteiger partial charge in [0.2, 0.25) is 0 Å². The summed E-state index contributed by atoms with van der Waals surface area (Å²) in [7, 11) is 0. The monoisotopic (exact) mass is 267 g/mol. The molecule has 1 aromatic carbocycles. The highest BCUT2D eigenvalue weighted by Gasteiger charge is 2.13. The van der Waals surface area contributed by atoms with Gasteiger partial charge in [0.05, 0.1) is 17.2 Å². The fourth-order valence-corrected chi connectivity index (χ4v) is 1.72. The molecule has 0 spiro atoms. The number of benzene rings is 1. The van der Waals surface area contributed by atoms with Crippen LogP contribution in [0, 0.1) is 18.3 Å². The first-order valence-electron chi connectivity index (χ1n) is 5.89. The van der Waals surface area contributed by atoms with E-state index in [9.17, 15) is 4.79 Å². The van der Waals surface area contributed by atoms with E-state index in [0.717, 1.165) is 5.56 Å². The summed E-state index contributed by atoms with van der Waals surface area (Å²) >= 11 is 0. The molecule has 0 saturated carbocycles. The molecule has 0 fully saturated rings. The van der Waals surface area contributed by atoms with Gasteiger partial charge in [-0.05, 0) is 36.8 Å². The lowest BCUT2D eigenvalue weighted by atomic mass is 10.1. The van der Waals surface area contributed by atoms with Gasteiger partial charge in [-0.2, -0.15) is 5.26 Å². The molecule has 0 saturated heterocycles. The summed E-state index contributed by atoms with van der Waals surface area (Å²) in [5.41, 5.74) is 4.63. The average molecular weight is 267 g/mol. The van der Waals surface area contributed by atoms with Crippen molar-refractivity contribution in [2.45, 2.75) is 6.92 Å². The van der Waals surface area contributed by atoms with Gasteiger partial charge in [-0.1, -0.05) is 6.07 Å². The van der Waals surface area contributed by atoms with Crippen LogP contribution in [0.15, 0.2) is 36.5 Å². The van der Waals surface area contributed by atoms with Gasteiger partial charge >= 0.3 is 0 Å². The fourth-order valence-electron chi connectivity index (χ4n) is 1.72. The Hall–Kier alpha value is -2.91. The Labute approximate surface area is 116 Å². The maximum absolute atomic E-state index is 12.2. The molecule has 0 aliphatic rings. The highest BCUT2D eigenvalue weighted by atomic mass is 16.1. The zero-order valence-electron chi connectivity index (χ0n) is 10.8. The van der Waals surface area contributed by atoms with E-state index in [2.05, 4.69) is 15.7 Å². The van der Waals surface area contributed by atoms with E-state index in [1.54, 1.807) is 30.3 Å². The molecule has 20 heavy (non-hydrogen) atoms. The Morgan fingerprint density at radius 2 is 2.20 bits per heavy atom. The smallest absolute Gasteiger partial charge is 0.259 e. The molecule has 100 valence electrons. The molecule has 2 aromatic rings. The van der Waals surface area contributed by atoms with Crippen molar-refractivity contribution >= 4 is 17.4 Å². The highest BCUT2D eigenvalue weighted by Crippen LogP contribution is 2.19. The van der Waals surface area contributed by atoms with Crippen LogP contribution in [0.3, 0.4) is 0 Å². The summed E-state index contributed by atoms with van der Waals surface area (Å²) in [6, 6.07) is 10.4. The van der Waals surface area contributed by atoms with Crippen molar-refractivity contribution in [3.63, 3.8) is 0 Å². The standard InChI is InChI=1S/C14H13N5O/c1-9-4-5-10(8-15)7-12(9)18-14(20)11-3-2-6-17-13(11)19-16/h2-7H,16H2,1H3,(H,17,19)(H,18,20). The molecule has 0 aliphatic heterocycles. The molecular formula is C14H13N5O. The maximum Gasteiger partial charge on any atom is 0.259 e. The van der Waals surface area contributed by atoms with Gasteiger partial charge in [-0.3, -0.25) is 4.79 Å². The summed E-state index contributed by atoms with van der Waals surface area (Å²) in [5, 5.41) is 11.6. The molecule has 1 aromatic heterocycles. The molecule has 0 bridgehead atoms. The number of carbonyl (C=O) groups excluding carboxylic acids is 1. The summed E-state index contributed by atoms with van der Waals surface area (Å²) in [6.07, 6.45) is 1.54. The first-order valence-corrected chi connectivity index (χ1v) is 5.89. The number of pyridine rings is 1. The second-order valence-electron chi connectivity index (χ2n) is 4.14. The van der Waals surface area contributed by atoms with Gasteiger partial charge in [-0.25, -0.2) is 10.8 Å². The lowest BCUT2D eigenvalue weighted by Gasteiger charge is -2.10. The highest BCUT2D eigenvalue weighted by molar-refractivity contribution is 6.07. The van der Waals surface area contributed by atoms with E-state index in [1.807, 2.05) is 13.0 Å². The topological polar surface area (TPSA) is 104 Å². The summed E-state index contributed by atoms with van der Waals surface area (Å²) in [6.45, 7) is 1.85. The lowest BCUT2D eigenvalue weighted by molar-refractivity contribution is 0.102. The van der Waals surface area contributed by atoms with Crippen molar-refractivity contribution in [3.8, 4) is 6.07 Å². The second-order valence-corrected chi connectivity index (χ2v) is 4.14. The van der Waals surface area contributed by atoms with Crippen LogP contribution in [0.5, 0.6) is 0 Å². The largest absolute Gasteiger partial charge is 0.322 e. The summed E-state index contributed by atoms with van der Waals surface area (Å²) in [5.74, 6) is 5.27. The minimum Gasteiger partial charge on any atom is -0.322 e. The number of hydrazine groups is 1. The molecule has 6 heteroatoms.